The number of hydrogen-bond donors (Lipinski definition) is 1. The van der Waals surface area contributed by atoms with Crippen LogP contribution in [0.25, 0.3) is 0 Å². The Labute approximate surface area is 138 Å². The highest BCUT2D eigenvalue weighted by atomic mass is 35.5. The Morgan fingerprint density at radius 1 is 1.38 bits per heavy atom. The van der Waals surface area contributed by atoms with E-state index in [0.29, 0.717) is 46.9 Å². The first-order valence-corrected chi connectivity index (χ1v) is 7.39. The van der Waals surface area contributed by atoms with E-state index in [1.165, 1.54) is 4.90 Å². The van der Waals surface area contributed by atoms with Crippen molar-refractivity contribution in [3.05, 3.63) is 28.2 Å². The third kappa shape index (κ3) is 3.76. The highest BCUT2D eigenvalue weighted by molar-refractivity contribution is 7.80. The third-order valence-corrected chi connectivity index (χ3v) is 4.22. The summed E-state index contributed by atoms with van der Waals surface area (Å²) in [6.07, 6.45) is 0.377. The molecule has 1 saturated heterocycles. The highest BCUT2D eigenvalue weighted by Gasteiger charge is 2.29. The second-order valence-electron chi connectivity index (χ2n) is 4.39. The topological polar surface area (TPSA) is 59.4 Å². The minimum absolute atomic E-state index is 0.321. The Morgan fingerprint density at radius 3 is 2.81 bits per heavy atom. The van der Waals surface area contributed by atoms with E-state index in [1.807, 2.05) is 4.90 Å². The molecule has 110 valence electrons. The molecule has 1 aromatic rings. The summed E-state index contributed by atoms with van der Waals surface area (Å²) >= 11 is 17.0. The van der Waals surface area contributed by atoms with Crippen LogP contribution >= 0.6 is 35.4 Å². The quantitative estimate of drug-likeness (QED) is 0.855. The van der Waals surface area contributed by atoms with Crippen LogP contribution in [-0.4, -0.2) is 40.6 Å². The number of thiocarbonyl (C=S) groups is 1. The van der Waals surface area contributed by atoms with Crippen LogP contribution in [0, 0.1) is 11.3 Å². The molecule has 0 bridgehead atoms. The van der Waals surface area contributed by atoms with Crippen LogP contribution < -0.4 is 5.32 Å². The van der Waals surface area contributed by atoms with E-state index >= 15 is 0 Å². The molecule has 1 fully saturated rings. The number of halogens is 2. The number of amides is 2. The monoisotopic (exact) mass is 342 g/mol. The third-order valence-electron chi connectivity index (χ3n) is 3.00. The molecular weight excluding hydrogens is 331 g/mol. The molecule has 2 amide bonds. The predicted octanol–water partition coefficient (Wildman–Crippen LogP) is 3.34. The smallest absolute Gasteiger partial charge is 0.328 e. The summed E-state index contributed by atoms with van der Waals surface area (Å²) in [7, 11) is 0. The number of anilines is 1. The van der Waals surface area contributed by atoms with Crippen LogP contribution in [0.5, 0.6) is 0 Å². The number of benzene rings is 1. The van der Waals surface area contributed by atoms with Crippen molar-refractivity contribution in [2.45, 2.75) is 6.42 Å². The first-order valence-electron chi connectivity index (χ1n) is 6.22. The van der Waals surface area contributed by atoms with Gasteiger partial charge in [0, 0.05) is 25.3 Å². The Balaban J connectivity index is 1.99. The molecule has 21 heavy (non-hydrogen) atoms. The zero-order valence-electron chi connectivity index (χ0n) is 11.0. The first-order chi connectivity index (χ1) is 10.0. The van der Waals surface area contributed by atoms with Gasteiger partial charge in [-0.3, -0.25) is 4.90 Å². The van der Waals surface area contributed by atoms with Crippen molar-refractivity contribution in [3.63, 3.8) is 0 Å². The number of nitrogens with zero attached hydrogens (tertiary/aromatic N) is 3. The largest absolute Gasteiger partial charge is 0.346 e. The molecule has 1 aliphatic heterocycles. The summed E-state index contributed by atoms with van der Waals surface area (Å²) in [5, 5.41) is 12.5. The number of carbonyl (C=O) groups excluding carboxylic acids is 1. The Hall–Kier alpha value is -1.55. The second kappa shape index (κ2) is 6.94. The molecule has 1 N–H and O–H groups in total. The molecular formula is C13H12Cl2N4OS. The SMILES string of the molecule is N#CCCN1CCN(C(=O)Nc2ccc(Cl)c(Cl)c2)C1=S. The van der Waals surface area contributed by atoms with Gasteiger partial charge in [0.2, 0.25) is 0 Å². The number of nitrogens with one attached hydrogen (secondary N) is 1. The van der Waals surface area contributed by atoms with Gasteiger partial charge in [-0.15, -0.1) is 0 Å². The fraction of sp³-hybridized carbons (Fsp3) is 0.308. The number of urea groups is 1. The predicted molar refractivity (Wildman–Crippen MR) is 86.6 cm³/mol. The van der Waals surface area contributed by atoms with Crippen molar-refractivity contribution in [1.29, 1.82) is 5.26 Å². The molecule has 0 aromatic heterocycles. The fourth-order valence-electron chi connectivity index (χ4n) is 1.93. The Bertz CT molecular complexity index is 617. The summed E-state index contributed by atoms with van der Waals surface area (Å²) < 4.78 is 0. The van der Waals surface area contributed by atoms with Gasteiger partial charge >= 0.3 is 6.03 Å². The van der Waals surface area contributed by atoms with E-state index < -0.39 is 0 Å². The average molecular weight is 343 g/mol. The summed E-state index contributed by atoms with van der Waals surface area (Å²) in [5.41, 5.74) is 0.549. The van der Waals surface area contributed by atoms with Gasteiger partial charge in [0.05, 0.1) is 22.5 Å². The minimum atomic E-state index is -0.321. The van der Waals surface area contributed by atoms with Gasteiger partial charge < -0.3 is 10.2 Å². The van der Waals surface area contributed by atoms with E-state index in [4.69, 9.17) is 40.7 Å². The molecule has 1 aliphatic rings. The molecule has 2 rings (SSSR count). The van der Waals surface area contributed by atoms with Crippen LogP contribution in [0.3, 0.4) is 0 Å². The van der Waals surface area contributed by atoms with Crippen molar-refractivity contribution < 1.29 is 4.79 Å². The Kier molecular flexibility index (Phi) is 5.23. The molecule has 0 saturated carbocycles. The summed E-state index contributed by atoms with van der Waals surface area (Å²) in [5.74, 6) is 0. The maximum absolute atomic E-state index is 12.2. The van der Waals surface area contributed by atoms with Crippen LogP contribution in [0.15, 0.2) is 18.2 Å². The lowest BCUT2D eigenvalue weighted by Crippen LogP contribution is -2.39. The van der Waals surface area contributed by atoms with Gasteiger partial charge in [0.15, 0.2) is 5.11 Å². The first kappa shape index (κ1) is 15.8. The molecule has 0 aliphatic carbocycles. The normalized spacial score (nSPS) is 14.2. The highest BCUT2D eigenvalue weighted by Crippen LogP contribution is 2.25. The number of hydrogen-bond acceptors (Lipinski definition) is 3. The summed E-state index contributed by atoms with van der Waals surface area (Å²) in [4.78, 5) is 15.5. The van der Waals surface area contributed by atoms with Gasteiger partial charge in [-0.2, -0.15) is 5.26 Å². The fourth-order valence-corrected chi connectivity index (χ4v) is 2.58. The standard InChI is InChI=1S/C13H12Cl2N4OS/c14-10-3-2-9(8-11(10)15)17-12(20)19-7-6-18(13(19)21)5-1-4-16/h2-3,8H,1,5-7H2,(H,17,20). The van der Waals surface area contributed by atoms with E-state index in [-0.39, 0.29) is 6.03 Å². The van der Waals surface area contributed by atoms with Crippen LogP contribution in [-0.2, 0) is 0 Å². The van der Waals surface area contributed by atoms with Crippen LogP contribution in [0.2, 0.25) is 10.0 Å². The van der Waals surface area contributed by atoms with Gasteiger partial charge in [0.25, 0.3) is 0 Å². The number of rotatable bonds is 3. The minimum Gasteiger partial charge on any atom is -0.346 e. The lowest BCUT2D eigenvalue weighted by Gasteiger charge is -2.20. The lowest BCUT2D eigenvalue weighted by atomic mass is 10.3. The van der Waals surface area contributed by atoms with Gasteiger partial charge in [-0.1, -0.05) is 23.2 Å². The molecule has 8 heteroatoms. The molecule has 1 heterocycles. The van der Waals surface area contributed by atoms with Gasteiger partial charge in [0.1, 0.15) is 0 Å². The number of carbonyl (C=O) groups is 1. The number of nitriles is 1. The molecule has 0 radical (unpaired) electrons. The van der Waals surface area contributed by atoms with E-state index in [9.17, 15) is 4.79 Å². The van der Waals surface area contributed by atoms with Gasteiger partial charge in [-0.25, -0.2) is 4.79 Å². The van der Waals surface area contributed by atoms with Gasteiger partial charge in [-0.05, 0) is 30.4 Å². The molecule has 0 spiro atoms. The van der Waals surface area contributed by atoms with Crippen LogP contribution in [0.4, 0.5) is 10.5 Å². The molecule has 0 unspecified atom stereocenters. The maximum atomic E-state index is 12.2. The van der Waals surface area contributed by atoms with E-state index in [2.05, 4.69) is 11.4 Å². The van der Waals surface area contributed by atoms with Crippen LogP contribution in [0.1, 0.15) is 6.42 Å². The van der Waals surface area contributed by atoms with Crippen molar-refractivity contribution >= 4 is 52.3 Å². The van der Waals surface area contributed by atoms with E-state index in [0.717, 1.165) is 0 Å². The molecule has 1 aromatic carbocycles. The second-order valence-corrected chi connectivity index (χ2v) is 5.57. The zero-order chi connectivity index (χ0) is 15.4. The summed E-state index contributed by atoms with van der Waals surface area (Å²) in [6, 6.07) is 6.60. The maximum Gasteiger partial charge on any atom is 0.328 e. The summed E-state index contributed by atoms with van der Waals surface area (Å²) in [6.45, 7) is 1.67. The van der Waals surface area contributed by atoms with E-state index in [1.54, 1.807) is 18.2 Å². The Morgan fingerprint density at radius 2 is 2.14 bits per heavy atom. The molecule has 5 nitrogen and oxygen atoms in total. The lowest BCUT2D eigenvalue weighted by molar-refractivity contribution is 0.237. The zero-order valence-corrected chi connectivity index (χ0v) is 13.3. The van der Waals surface area contributed by atoms with Crippen molar-refractivity contribution in [3.8, 4) is 6.07 Å². The van der Waals surface area contributed by atoms with Crippen molar-refractivity contribution in [1.82, 2.24) is 9.80 Å². The average Bonchev–Trinajstić information content (AvgIpc) is 2.82. The van der Waals surface area contributed by atoms with Crippen molar-refractivity contribution in [2.75, 3.05) is 25.0 Å². The van der Waals surface area contributed by atoms with Crippen molar-refractivity contribution in [2.24, 2.45) is 0 Å². The molecule has 0 atom stereocenters.